The van der Waals surface area contributed by atoms with Crippen LogP contribution in [0.1, 0.15) is 24.8 Å². The third-order valence-corrected chi connectivity index (χ3v) is 3.78. The third-order valence-electron chi connectivity index (χ3n) is 2.80. The van der Waals surface area contributed by atoms with Crippen molar-refractivity contribution in [2.75, 3.05) is 6.26 Å². The van der Waals surface area contributed by atoms with E-state index >= 15 is 0 Å². The van der Waals surface area contributed by atoms with Gasteiger partial charge in [-0.05, 0) is 37.7 Å². The summed E-state index contributed by atoms with van der Waals surface area (Å²) >= 11 is 6.74. The molecule has 86 valence electrons. The third kappa shape index (κ3) is 2.33. The molecule has 0 atom stereocenters. The molecule has 1 aromatic carbocycles. The Bertz CT molecular complexity index is 402. The van der Waals surface area contributed by atoms with Crippen LogP contribution >= 0.6 is 24.0 Å². The van der Waals surface area contributed by atoms with Gasteiger partial charge >= 0.3 is 0 Å². The first-order valence-corrected chi connectivity index (χ1v) is 6.99. The quantitative estimate of drug-likeness (QED) is 0.661. The molecule has 1 saturated carbocycles. The predicted octanol–water partition coefficient (Wildman–Crippen LogP) is 2.97. The Kier molecular flexibility index (Phi) is 3.71. The van der Waals surface area contributed by atoms with Gasteiger partial charge in [0.15, 0.2) is 0 Å². The Morgan fingerprint density at radius 2 is 2.25 bits per heavy atom. The van der Waals surface area contributed by atoms with E-state index < -0.39 is 0 Å². The Morgan fingerprint density at radius 1 is 1.50 bits per heavy atom. The summed E-state index contributed by atoms with van der Waals surface area (Å²) in [6.07, 6.45) is 5.91. The number of rotatable bonds is 4. The van der Waals surface area contributed by atoms with E-state index in [1.807, 2.05) is 24.5 Å². The van der Waals surface area contributed by atoms with Gasteiger partial charge < -0.3 is 10.5 Å². The molecule has 0 bridgehead atoms. The van der Waals surface area contributed by atoms with E-state index in [1.165, 1.54) is 6.42 Å². The minimum absolute atomic E-state index is 0.352. The summed E-state index contributed by atoms with van der Waals surface area (Å²) in [4.78, 5) is 1.50. The second-order valence-electron chi connectivity index (χ2n) is 3.87. The smallest absolute Gasteiger partial charge is 0.131 e. The minimum Gasteiger partial charge on any atom is -0.490 e. The van der Waals surface area contributed by atoms with Crippen LogP contribution in [0.4, 0.5) is 0 Å². The average Bonchev–Trinajstić information content (AvgIpc) is 2.22. The lowest BCUT2D eigenvalue weighted by atomic mass is 9.96. The molecule has 2 N–H and O–H groups in total. The molecule has 16 heavy (non-hydrogen) atoms. The lowest BCUT2D eigenvalue weighted by Crippen LogP contribution is -2.26. The van der Waals surface area contributed by atoms with Crippen molar-refractivity contribution < 1.29 is 4.74 Å². The zero-order chi connectivity index (χ0) is 11.5. The maximum atomic E-state index is 5.90. The molecule has 0 aromatic heterocycles. The molecular formula is C12H15NOS2. The monoisotopic (exact) mass is 253 g/mol. The number of thiocarbonyl (C=S) groups is 1. The van der Waals surface area contributed by atoms with Crippen molar-refractivity contribution in [2.45, 2.75) is 30.3 Å². The minimum atomic E-state index is 0.352. The highest BCUT2D eigenvalue weighted by Crippen LogP contribution is 2.32. The molecule has 0 radical (unpaired) electrons. The van der Waals surface area contributed by atoms with Gasteiger partial charge in [-0.3, -0.25) is 0 Å². The molecule has 1 aromatic rings. The molecule has 0 spiro atoms. The normalized spacial score (nSPS) is 15.6. The van der Waals surface area contributed by atoms with Crippen LogP contribution in [-0.2, 0) is 0 Å². The second kappa shape index (κ2) is 5.06. The van der Waals surface area contributed by atoms with E-state index in [1.54, 1.807) is 11.8 Å². The van der Waals surface area contributed by atoms with Crippen molar-refractivity contribution in [1.29, 1.82) is 0 Å². The van der Waals surface area contributed by atoms with E-state index in [-0.39, 0.29) is 0 Å². The van der Waals surface area contributed by atoms with Crippen LogP contribution in [0.3, 0.4) is 0 Å². The van der Waals surface area contributed by atoms with Gasteiger partial charge in [-0.15, -0.1) is 11.8 Å². The SMILES string of the molecule is CSc1cccc(OC2CCC2)c1C(N)=S. The highest BCUT2D eigenvalue weighted by atomic mass is 32.2. The van der Waals surface area contributed by atoms with E-state index in [0.29, 0.717) is 11.1 Å². The lowest BCUT2D eigenvalue weighted by molar-refractivity contribution is 0.120. The number of nitrogens with two attached hydrogens (primary N) is 1. The lowest BCUT2D eigenvalue weighted by Gasteiger charge is -2.27. The summed E-state index contributed by atoms with van der Waals surface area (Å²) in [6, 6.07) is 5.96. The fourth-order valence-electron chi connectivity index (χ4n) is 1.69. The maximum absolute atomic E-state index is 5.90. The summed E-state index contributed by atoms with van der Waals surface area (Å²) in [5.41, 5.74) is 6.65. The van der Waals surface area contributed by atoms with Crippen molar-refractivity contribution in [3.63, 3.8) is 0 Å². The summed E-state index contributed by atoms with van der Waals surface area (Å²) < 4.78 is 5.90. The van der Waals surface area contributed by atoms with E-state index in [9.17, 15) is 0 Å². The van der Waals surface area contributed by atoms with Crippen LogP contribution < -0.4 is 10.5 Å². The van der Waals surface area contributed by atoms with Crippen molar-refractivity contribution >= 4 is 29.0 Å². The van der Waals surface area contributed by atoms with Crippen molar-refractivity contribution in [2.24, 2.45) is 5.73 Å². The molecular weight excluding hydrogens is 238 g/mol. The number of benzene rings is 1. The van der Waals surface area contributed by atoms with Gasteiger partial charge in [0.2, 0.25) is 0 Å². The van der Waals surface area contributed by atoms with E-state index in [0.717, 1.165) is 29.1 Å². The van der Waals surface area contributed by atoms with Gasteiger partial charge in [0.05, 0.1) is 11.7 Å². The Labute approximate surface area is 106 Å². The van der Waals surface area contributed by atoms with Crippen LogP contribution in [0, 0.1) is 0 Å². The van der Waals surface area contributed by atoms with E-state index in [2.05, 4.69) is 0 Å². The van der Waals surface area contributed by atoms with Gasteiger partial charge in [-0.25, -0.2) is 0 Å². The molecule has 2 nitrogen and oxygen atoms in total. The molecule has 0 amide bonds. The number of thioether (sulfide) groups is 1. The van der Waals surface area contributed by atoms with Gasteiger partial charge in [0.1, 0.15) is 10.7 Å². The second-order valence-corrected chi connectivity index (χ2v) is 5.16. The Balaban J connectivity index is 2.30. The molecule has 0 unspecified atom stereocenters. The molecule has 1 aliphatic carbocycles. The first kappa shape index (κ1) is 11.7. The molecule has 2 rings (SSSR count). The van der Waals surface area contributed by atoms with Gasteiger partial charge in [-0.1, -0.05) is 18.3 Å². The van der Waals surface area contributed by atoms with Gasteiger partial charge in [-0.2, -0.15) is 0 Å². The summed E-state index contributed by atoms with van der Waals surface area (Å²) in [6.45, 7) is 0. The van der Waals surface area contributed by atoms with Crippen LogP contribution in [0.15, 0.2) is 23.1 Å². The standard InChI is InChI=1S/C12H15NOS2/c1-16-10-7-3-6-9(11(10)12(13)15)14-8-4-2-5-8/h3,6-8H,2,4-5H2,1H3,(H2,13,15). The zero-order valence-corrected chi connectivity index (χ0v) is 10.9. The van der Waals surface area contributed by atoms with Crippen LogP contribution in [0.25, 0.3) is 0 Å². The first-order valence-electron chi connectivity index (χ1n) is 5.36. The number of ether oxygens (including phenoxy) is 1. The molecule has 1 fully saturated rings. The predicted molar refractivity (Wildman–Crippen MR) is 72.4 cm³/mol. The van der Waals surface area contributed by atoms with Crippen molar-refractivity contribution in [3.8, 4) is 5.75 Å². The molecule has 1 aliphatic rings. The highest BCUT2D eigenvalue weighted by Gasteiger charge is 2.21. The van der Waals surface area contributed by atoms with E-state index in [4.69, 9.17) is 22.7 Å². The molecule has 0 aliphatic heterocycles. The van der Waals surface area contributed by atoms with Crippen LogP contribution in [-0.4, -0.2) is 17.3 Å². The molecule has 4 heteroatoms. The van der Waals surface area contributed by atoms with Crippen LogP contribution in [0.2, 0.25) is 0 Å². The van der Waals surface area contributed by atoms with Gasteiger partial charge in [0, 0.05) is 4.90 Å². The Hall–Kier alpha value is -0.740. The fraction of sp³-hybridized carbons (Fsp3) is 0.417. The molecule has 0 saturated heterocycles. The number of hydrogen-bond acceptors (Lipinski definition) is 3. The highest BCUT2D eigenvalue weighted by molar-refractivity contribution is 7.98. The van der Waals surface area contributed by atoms with Gasteiger partial charge in [0.25, 0.3) is 0 Å². The van der Waals surface area contributed by atoms with Crippen molar-refractivity contribution in [3.05, 3.63) is 23.8 Å². The first-order chi connectivity index (χ1) is 7.72. The Morgan fingerprint density at radius 3 is 2.75 bits per heavy atom. The maximum Gasteiger partial charge on any atom is 0.131 e. The fourth-order valence-corrected chi connectivity index (χ4v) is 2.59. The van der Waals surface area contributed by atoms with Crippen molar-refractivity contribution in [1.82, 2.24) is 0 Å². The zero-order valence-electron chi connectivity index (χ0n) is 9.23. The molecule has 0 heterocycles. The summed E-state index contributed by atoms with van der Waals surface area (Å²) in [5.74, 6) is 0.837. The largest absolute Gasteiger partial charge is 0.490 e. The van der Waals surface area contributed by atoms with Crippen LogP contribution in [0.5, 0.6) is 5.75 Å². The number of hydrogen-bond donors (Lipinski definition) is 1. The topological polar surface area (TPSA) is 35.2 Å². The average molecular weight is 253 g/mol. The summed E-state index contributed by atoms with van der Waals surface area (Å²) in [5, 5.41) is 0. The summed E-state index contributed by atoms with van der Waals surface area (Å²) in [7, 11) is 0.